The number of rotatable bonds is 9. The number of nitrogens with zero attached hydrogens (tertiary/aromatic N) is 1. The summed E-state index contributed by atoms with van der Waals surface area (Å²) in [5.74, 6) is 0.998. The second-order valence-corrected chi connectivity index (χ2v) is 5.16. The van der Waals surface area contributed by atoms with Crippen LogP contribution < -0.4 is 10.1 Å². The molecule has 3 nitrogen and oxygen atoms in total. The van der Waals surface area contributed by atoms with Crippen molar-refractivity contribution in [2.45, 2.75) is 32.7 Å². The fourth-order valence-electron chi connectivity index (χ4n) is 2.11. The third kappa shape index (κ3) is 6.08. The topological polar surface area (TPSA) is 24.5 Å². The van der Waals surface area contributed by atoms with Crippen LogP contribution in [0.25, 0.3) is 0 Å². The molecule has 1 aromatic rings. The minimum Gasteiger partial charge on any atom is -0.494 e. The van der Waals surface area contributed by atoms with E-state index < -0.39 is 0 Å². The monoisotopic (exact) mass is 264 g/mol. The van der Waals surface area contributed by atoms with Gasteiger partial charge in [-0.25, -0.2) is 0 Å². The van der Waals surface area contributed by atoms with Gasteiger partial charge in [0.05, 0.1) is 6.61 Å². The molecule has 0 fully saturated rings. The van der Waals surface area contributed by atoms with Crippen LogP contribution >= 0.6 is 0 Å². The van der Waals surface area contributed by atoms with E-state index in [1.165, 1.54) is 18.4 Å². The number of para-hydroxylation sites is 1. The molecule has 0 saturated heterocycles. The highest BCUT2D eigenvalue weighted by atomic mass is 16.5. The molecule has 0 aliphatic carbocycles. The number of hydrogen-bond acceptors (Lipinski definition) is 3. The molecule has 1 rings (SSSR count). The van der Waals surface area contributed by atoms with Crippen LogP contribution in [0.3, 0.4) is 0 Å². The Morgan fingerprint density at radius 2 is 1.95 bits per heavy atom. The van der Waals surface area contributed by atoms with Gasteiger partial charge in [-0.15, -0.1) is 0 Å². The minimum absolute atomic E-state index is 0.335. The summed E-state index contributed by atoms with van der Waals surface area (Å²) in [6.07, 6.45) is 2.44. The van der Waals surface area contributed by atoms with Gasteiger partial charge in [0.1, 0.15) is 5.75 Å². The second-order valence-electron chi connectivity index (χ2n) is 5.16. The van der Waals surface area contributed by atoms with Crippen molar-refractivity contribution in [2.24, 2.45) is 0 Å². The van der Waals surface area contributed by atoms with Gasteiger partial charge in [-0.1, -0.05) is 18.2 Å². The zero-order valence-electron chi connectivity index (χ0n) is 12.8. The summed E-state index contributed by atoms with van der Waals surface area (Å²) in [6, 6.07) is 8.62. The van der Waals surface area contributed by atoms with Gasteiger partial charge in [-0.2, -0.15) is 0 Å². The molecule has 1 aromatic carbocycles. The number of hydrogen-bond donors (Lipinski definition) is 1. The van der Waals surface area contributed by atoms with Crippen molar-refractivity contribution in [2.75, 3.05) is 33.8 Å². The van der Waals surface area contributed by atoms with Gasteiger partial charge in [-0.05, 0) is 59.9 Å². The average Bonchev–Trinajstić information content (AvgIpc) is 2.39. The molecule has 1 N–H and O–H groups in total. The molecule has 0 aliphatic heterocycles. The first-order valence-electron chi connectivity index (χ1n) is 7.25. The molecule has 1 unspecified atom stereocenters. The Kier molecular flexibility index (Phi) is 7.53. The average molecular weight is 264 g/mol. The van der Waals surface area contributed by atoms with Gasteiger partial charge in [0.25, 0.3) is 0 Å². The van der Waals surface area contributed by atoms with E-state index in [4.69, 9.17) is 4.74 Å². The third-order valence-corrected chi connectivity index (χ3v) is 3.17. The molecule has 0 saturated carbocycles. The Labute approximate surface area is 118 Å². The van der Waals surface area contributed by atoms with Crippen molar-refractivity contribution >= 4 is 0 Å². The molecule has 0 amide bonds. The summed E-state index contributed by atoms with van der Waals surface area (Å²) in [5, 5.41) is 3.57. The van der Waals surface area contributed by atoms with Crippen LogP contribution in [0, 0.1) is 0 Å². The number of benzene rings is 1. The van der Waals surface area contributed by atoms with E-state index in [1.807, 2.05) is 19.1 Å². The summed E-state index contributed by atoms with van der Waals surface area (Å²) >= 11 is 0. The van der Waals surface area contributed by atoms with E-state index in [-0.39, 0.29) is 0 Å². The highest BCUT2D eigenvalue weighted by Crippen LogP contribution is 2.24. The van der Waals surface area contributed by atoms with Crippen LogP contribution in [0.5, 0.6) is 5.75 Å². The van der Waals surface area contributed by atoms with Crippen LogP contribution in [0.4, 0.5) is 0 Å². The predicted octanol–water partition coefficient (Wildman–Crippen LogP) is 3.08. The minimum atomic E-state index is 0.335. The van der Waals surface area contributed by atoms with Crippen molar-refractivity contribution in [1.29, 1.82) is 0 Å². The largest absolute Gasteiger partial charge is 0.494 e. The lowest BCUT2D eigenvalue weighted by Crippen LogP contribution is -2.22. The third-order valence-electron chi connectivity index (χ3n) is 3.17. The number of unbranched alkanes of at least 4 members (excludes halogenated alkanes) is 1. The molecular formula is C16H28N2O. The lowest BCUT2D eigenvalue weighted by molar-refractivity contribution is 0.332. The van der Waals surface area contributed by atoms with Crippen LogP contribution in [0.1, 0.15) is 38.3 Å². The molecule has 3 heteroatoms. The first-order valence-corrected chi connectivity index (χ1v) is 7.25. The molecule has 0 aromatic heterocycles. The summed E-state index contributed by atoms with van der Waals surface area (Å²) in [7, 11) is 4.24. The maximum Gasteiger partial charge on any atom is 0.124 e. The van der Waals surface area contributed by atoms with E-state index in [0.29, 0.717) is 12.6 Å². The van der Waals surface area contributed by atoms with Crippen LogP contribution in [-0.4, -0.2) is 38.7 Å². The Bertz CT molecular complexity index is 352. The fourth-order valence-corrected chi connectivity index (χ4v) is 2.11. The second kappa shape index (κ2) is 8.94. The SMILES string of the molecule is CCOc1ccccc1C(C)NCCCCN(C)C. The quantitative estimate of drug-likeness (QED) is 0.694. The van der Waals surface area contributed by atoms with E-state index >= 15 is 0 Å². The molecule has 1 atom stereocenters. The van der Waals surface area contributed by atoms with Crippen molar-refractivity contribution in [3.63, 3.8) is 0 Å². The molecule has 0 heterocycles. The summed E-state index contributed by atoms with van der Waals surface area (Å²) in [6.45, 7) is 7.15. The lowest BCUT2D eigenvalue weighted by Gasteiger charge is -2.18. The zero-order valence-corrected chi connectivity index (χ0v) is 12.8. The van der Waals surface area contributed by atoms with Crippen molar-refractivity contribution < 1.29 is 4.74 Å². The fraction of sp³-hybridized carbons (Fsp3) is 0.625. The maximum absolute atomic E-state index is 5.67. The Morgan fingerprint density at radius 1 is 1.21 bits per heavy atom. The first-order chi connectivity index (χ1) is 9.15. The molecule has 0 aliphatic rings. The van der Waals surface area contributed by atoms with E-state index in [9.17, 15) is 0 Å². The van der Waals surface area contributed by atoms with Gasteiger partial charge in [-0.3, -0.25) is 0 Å². The van der Waals surface area contributed by atoms with Crippen molar-refractivity contribution in [1.82, 2.24) is 10.2 Å². The molecule has 0 radical (unpaired) electrons. The summed E-state index contributed by atoms with van der Waals surface area (Å²) in [5.41, 5.74) is 1.25. The highest BCUT2D eigenvalue weighted by molar-refractivity contribution is 5.35. The standard InChI is InChI=1S/C16H28N2O/c1-5-19-16-11-7-6-10-15(16)14(2)17-12-8-9-13-18(3)4/h6-7,10-11,14,17H,5,8-9,12-13H2,1-4H3. The van der Waals surface area contributed by atoms with Gasteiger partial charge in [0.15, 0.2) is 0 Å². The first kappa shape index (κ1) is 16.0. The van der Waals surface area contributed by atoms with E-state index in [0.717, 1.165) is 18.8 Å². The highest BCUT2D eigenvalue weighted by Gasteiger charge is 2.09. The molecule has 0 bridgehead atoms. The van der Waals surface area contributed by atoms with Gasteiger partial charge >= 0.3 is 0 Å². The number of ether oxygens (including phenoxy) is 1. The van der Waals surface area contributed by atoms with Crippen LogP contribution in [0.2, 0.25) is 0 Å². The normalized spacial score (nSPS) is 12.7. The Balaban J connectivity index is 2.38. The lowest BCUT2D eigenvalue weighted by atomic mass is 10.1. The van der Waals surface area contributed by atoms with Gasteiger partial charge in [0.2, 0.25) is 0 Å². The van der Waals surface area contributed by atoms with E-state index in [1.54, 1.807) is 0 Å². The van der Waals surface area contributed by atoms with Crippen LogP contribution in [-0.2, 0) is 0 Å². The van der Waals surface area contributed by atoms with E-state index in [2.05, 4.69) is 43.4 Å². The molecule has 19 heavy (non-hydrogen) atoms. The van der Waals surface area contributed by atoms with Gasteiger partial charge < -0.3 is 15.0 Å². The Morgan fingerprint density at radius 3 is 2.63 bits per heavy atom. The Hall–Kier alpha value is -1.06. The maximum atomic E-state index is 5.67. The van der Waals surface area contributed by atoms with Crippen LogP contribution in [0.15, 0.2) is 24.3 Å². The molecule has 108 valence electrons. The predicted molar refractivity (Wildman–Crippen MR) is 81.8 cm³/mol. The zero-order chi connectivity index (χ0) is 14.1. The summed E-state index contributed by atoms with van der Waals surface area (Å²) < 4.78 is 5.67. The van der Waals surface area contributed by atoms with Crippen molar-refractivity contribution in [3.05, 3.63) is 29.8 Å². The smallest absolute Gasteiger partial charge is 0.124 e. The van der Waals surface area contributed by atoms with Crippen molar-refractivity contribution in [3.8, 4) is 5.75 Å². The molecular weight excluding hydrogens is 236 g/mol. The van der Waals surface area contributed by atoms with Gasteiger partial charge in [0, 0.05) is 11.6 Å². The summed E-state index contributed by atoms with van der Waals surface area (Å²) in [4.78, 5) is 2.23. The molecule has 0 spiro atoms. The number of nitrogens with one attached hydrogen (secondary N) is 1.